The fourth-order valence-electron chi connectivity index (χ4n) is 1.14. The van der Waals surface area contributed by atoms with E-state index >= 15 is 0 Å². The van der Waals surface area contributed by atoms with Crippen molar-refractivity contribution in [3.8, 4) is 10.7 Å². The summed E-state index contributed by atoms with van der Waals surface area (Å²) in [7, 11) is 0. The number of thiazole rings is 1. The van der Waals surface area contributed by atoms with Gasteiger partial charge in [0.1, 0.15) is 0 Å². The smallest absolute Gasteiger partial charge is 0.171 e. The third kappa shape index (κ3) is 2.76. The molecule has 2 heterocycles. The highest BCUT2D eigenvalue weighted by Gasteiger charge is 2.05. The van der Waals surface area contributed by atoms with E-state index in [2.05, 4.69) is 21.2 Å². The van der Waals surface area contributed by atoms with E-state index in [0.717, 1.165) is 27.9 Å². The van der Waals surface area contributed by atoms with Gasteiger partial charge in [-0.25, -0.2) is 15.0 Å². The van der Waals surface area contributed by atoms with Gasteiger partial charge in [-0.05, 0) is 18.1 Å². The lowest BCUT2D eigenvalue weighted by Gasteiger charge is -1.92. The van der Waals surface area contributed by atoms with Crippen LogP contribution in [-0.2, 0) is 6.42 Å². The van der Waals surface area contributed by atoms with Crippen molar-refractivity contribution in [3.63, 3.8) is 0 Å². The predicted molar refractivity (Wildman–Crippen MR) is 65.2 cm³/mol. The van der Waals surface area contributed by atoms with Gasteiger partial charge in [0.05, 0.1) is 9.88 Å². The Balaban J connectivity index is 2.14. The van der Waals surface area contributed by atoms with E-state index in [1.807, 2.05) is 24.0 Å². The van der Waals surface area contributed by atoms with Crippen molar-refractivity contribution in [2.45, 2.75) is 6.42 Å². The van der Waals surface area contributed by atoms with Crippen molar-refractivity contribution in [3.05, 3.63) is 29.7 Å². The summed E-state index contributed by atoms with van der Waals surface area (Å²) in [4.78, 5) is 13.8. The summed E-state index contributed by atoms with van der Waals surface area (Å²) < 4.78 is 0. The molecule has 0 fully saturated rings. The summed E-state index contributed by atoms with van der Waals surface area (Å²) in [5, 5.41) is 1.16. The standard InChI is InChI=1S/C10H11N3S2/c1-14-6-3-9-13-7-8(15-9)10-11-4-2-5-12-10/h2,4-5,7H,3,6H2,1H3. The second-order valence-electron chi connectivity index (χ2n) is 2.93. The second-order valence-corrected chi connectivity index (χ2v) is 5.03. The summed E-state index contributed by atoms with van der Waals surface area (Å²) in [6.07, 6.45) is 8.50. The molecule has 0 aliphatic rings. The maximum absolute atomic E-state index is 4.36. The van der Waals surface area contributed by atoms with Crippen LogP contribution < -0.4 is 0 Å². The molecule has 0 atom stereocenters. The van der Waals surface area contributed by atoms with Crippen LogP contribution in [0.5, 0.6) is 0 Å². The summed E-state index contributed by atoms with van der Waals surface area (Å²) in [5.41, 5.74) is 0. The molecule has 2 aromatic rings. The predicted octanol–water partition coefficient (Wildman–Crippen LogP) is 2.51. The van der Waals surface area contributed by atoms with Crippen molar-refractivity contribution in [2.75, 3.05) is 12.0 Å². The van der Waals surface area contributed by atoms with E-state index in [4.69, 9.17) is 0 Å². The number of aromatic nitrogens is 3. The van der Waals surface area contributed by atoms with Crippen molar-refractivity contribution in [1.82, 2.24) is 15.0 Å². The Hall–Kier alpha value is -0.940. The Labute approximate surface area is 97.0 Å². The van der Waals surface area contributed by atoms with Crippen LogP contribution in [0.3, 0.4) is 0 Å². The van der Waals surface area contributed by atoms with E-state index in [-0.39, 0.29) is 0 Å². The maximum atomic E-state index is 4.36. The number of nitrogens with zero attached hydrogens (tertiary/aromatic N) is 3. The molecule has 0 saturated heterocycles. The van der Waals surface area contributed by atoms with Crippen LogP contribution in [0.2, 0.25) is 0 Å². The number of aryl methyl sites for hydroxylation is 1. The Morgan fingerprint density at radius 1 is 1.27 bits per heavy atom. The molecule has 3 nitrogen and oxygen atoms in total. The fraction of sp³-hybridized carbons (Fsp3) is 0.300. The monoisotopic (exact) mass is 237 g/mol. The summed E-state index contributed by atoms with van der Waals surface area (Å²) in [6, 6.07) is 1.82. The third-order valence-electron chi connectivity index (χ3n) is 1.86. The zero-order valence-corrected chi connectivity index (χ0v) is 10.0. The molecule has 5 heteroatoms. The summed E-state index contributed by atoms with van der Waals surface area (Å²) in [6.45, 7) is 0. The molecule has 0 saturated carbocycles. The number of hydrogen-bond acceptors (Lipinski definition) is 5. The first-order chi connectivity index (χ1) is 7.40. The summed E-state index contributed by atoms with van der Waals surface area (Å²) >= 11 is 3.51. The molecule has 0 aromatic carbocycles. The van der Waals surface area contributed by atoms with Crippen LogP contribution >= 0.6 is 23.1 Å². The van der Waals surface area contributed by atoms with E-state index < -0.39 is 0 Å². The lowest BCUT2D eigenvalue weighted by atomic mass is 10.5. The van der Waals surface area contributed by atoms with Gasteiger partial charge in [0.2, 0.25) is 0 Å². The zero-order valence-electron chi connectivity index (χ0n) is 8.38. The van der Waals surface area contributed by atoms with E-state index in [9.17, 15) is 0 Å². The molecule has 2 rings (SSSR count). The van der Waals surface area contributed by atoms with Crippen LogP contribution in [0, 0.1) is 0 Å². The molecule has 2 aromatic heterocycles. The molecule has 0 unspecified atom stereocenters. The Morgan fingerprint density at radius 3 is 2.80 bits per heavy atom. The minimum absolute atomic E-state index is 0.769. The molecule has 0 aliphatic carbocycles. The van der Waals surface area contributed by atoms with Gasteiger partial charge in [-0.1, -0.05) is 0 Å². The summed E-state index contributed by atoms with van der Waals surface area (Å²) in [5.74, 6) is 1.88. The lowest BCUT2D eigenvalue weighted by Crippen LogP contribution is -1.84. The van der Waals surface area contributed by atoms with Gasteiger partial charge < -0.3 is 0 Å². The molecular formula is C10H11N3S2. The zero-order chi connectivity index (χ0) is 10.5. The van der Waals surface area contributed by atoms with Gasteiger partial charge >= 0.3 is 0 Å². The fourth-order valence-corrected chi connectivity index (χ4v) is 2.54. The maximum Gasteiger partial charge on any atom is 0.171 e. The van der Waals surface area contributed by atoms with Crippen molar-refractivity contribution in [1.29, 1.82) is 0 Å². The minimum atomic E-state index is 0.769. The van der Waals surface area contributed by atoms with Crippen LogP contribution in [-0.4, -0.2) is 27.0 Å². The highest BCUT2D eigenvalue weighted by atomic mass is 32.2. The van der Waals surface area contributed by atoms with E-state index in [1.165, 1.54) is 0 Å². The molecule has 0 N–H and O–H groups in total. The van der Waals surface area contributed by atoms with Gasteiger partial charge in [0.25, 0.3) is 0 Å². The average molecular weight is 237 g/mol. The van der Waals surface area contributed by atoms with Crippen molar-refractivity contribution in [2.24, 2.45) is 0 Å². The van der Waals surface area contributed by atoms with Crippen molar-refractivity contribution < 1.29 is 0 Å². The van der Waals surface area contributed by atoms with Gasteiger partial charge in [0.15, 0.2) is 5.82 Å². The largest absolute Gasteiger partial charge is 0.249 e. The number of hydrogen-bond donors (Lipinski definition) is 0. The van der Waals surface area contributed by atoms with Crippen molar-refractivity contribution >= 4 is 23.1 Å². The van der Waals surface area contributed by atoms with Crippen LogP contribution in [0.25, 0.3) is 10.7 Å². The first kappa shape index (κ1) is 10.6. The molecule has 0 spiro atoms. The highest BCUT2D eigenvalue weighted by molar-refractivity contribution is 7.98. The Morgan fingerprint density at radius 2 is 2.07 bits per heavy atom. The molecule has 0 amide bonds. The Bertz CT molecular complexity index is 414. The molecular weight excluding hydrogens is 226 g/mol. The van der Waals surface area contributed by atoms with Crippen LogP contribution in [0.1, 0.15) is 5.01 Å². The van der Waals surface area contributed by atoms with Gasteiger partial charge in [-0.3, -0.25) is 0 Å². The number of rotatable bonds is 4. The third-order valence-corrected chi connectivity index (χ3v) is 3.53. The topological polar surface area (TPSA) is 38.7 Å². The molecule has 0 aliphatic heterocycles. The SMILES string of the molecule is CSCCc1ncc(-c2ncccn2)s1. The van der Waals surface area contributed by atoms with Crippen LogP contribution in [0.15, 0.2) is 24.7 Å². The average Bonchev–Trinajstić information content (AvgIpc) is 2.76. The first-order valence-corrected chi connectivity index (χ1v) is 6.82. The lowest BCUT2D eigenvalue weighted by molar-refractivity contribution is 1.11. The highest BCUT2D eigenvalue weighted by Crippen LogP contribution is 2.22. The number of thioether (sulfide) groups is 1. The minimum Gasteiger partial charge on any atom is -0.249 e. The Kier molecular flexibility index (Phi) is 3.69. The van der Waals surface area contributed by atoms with Crippen LogP contribution in [0.4, 0.5) is 0 Å². The van der Waals surface area contributed by atoms with E-state index in [1.54, 1.807) is 23.7 Å². The molecule has 0 radical (unpaired) electrons. The van der Waals surface area contributed by atoms with Gasteiger partial charge in [-0.15, -0.1) is 11.3 Å². The molecule has 0 bridgehead atoms. The molecule has 15 heavy (non-hydrogen) atoms. The quantitative estimate of drug-likeness (QED) is 0.819. The van der Waals surface area contributed by atoms with Gasteiger partial charge in [0, 0.05) is 25.0 Å². The first-order valence-electron chi connectivity index (χ1n) is 4.61. The normalized spacial score (nSPS) is 10.5. The van der Waals surface area contributed by atoms with Gasteiger partial charge in [-0.2, -0.15) is 11.8 Å². The second kappa shape index (κ2) is 5.23. The van der Waals surface area contributed by atoms with E-state index in [0.29, 0.717) is 0 Å². The molecule has 78 valence electrons.